The predicted molar refractivity (Wildman–Crippen MR) is 91.2 cm³/mol. The van der Waals surface area contributed by atoms with Crippen molar-refractivity contribution in [1.29, 1.82) is 0 Å². The quantitative estimate of drug-likeness (QED) is 0.856. The smallest absolute Gasteiger partial charge is 0.336 e. The van der Waals surface area contributed by atoms with Crippen LogP contribution in [-0.2, 0) is 9.59 Å². The highest BCUT2D eigenvalue weighted by Crippen LogP contribution is 2.57. The Balaban J connectivity index is 1.67. The Morgan fingerprint density at radius 2 is 1.52 bits per heavy atom. The second-order valence-electron chi connectivity index (χ2n) is 7.38. The minimum atomic E-state index is -1.02. The first-order valence-electron chi connectivity index (χ1n) is 8.71. The second kappa shape index (κ2) is 4.91. The molecule has 4 atom stereocenters. The fraction of sp³-hybridized carbons (Fsp3) is 0.350. The Hall–Kier alpha value is -2.69. The van der Waals surface area contributed by atoms with Crippen molar-refractivity contribution in [2.45, 2.75) is 19.3 Å². The Morgan fingerprint density at radius 3 is 2.12 bits per heavy atom. The van der Waals surface area contributed by atoms with E-state index in [2.05, 4.69) is 0 Å². The summed E-state index contributed by atoms with van der Waals surface area (Å²) in [6.07, 6.45) is 3.08. The molecule has 3 aliphatic rings. The van der Waals surface area contributed by atoms with Gasteiger partial charge in [0.2, 0.25) is 11.8 Å². The summed E-state index contributed by atoms with van der Waals surface area (Å²) in [5.74, 6) is -0.905. The molecular weight excluding hydrogens is 318 g/mol. The van der Waals surface area contributed by atoms with Crippen LogP contribution in [0.1, 0.15) is 29.6 Å². The molecule has 5 rings (SSSR count). The number of hydrogen-bond donors (Lipinski definition) is 1. The van der Waals surface area contributed by atoms with Crippen molar-refractivity contribution in [1.82, 2.24) is 0 Å². The van der Waals surface area contributed by atoms with Crippen molar-refractivity contribution < 1.29 is 19.5 Å². The summed E-state index contributed by atoms with van der Waals surface area (Å²) in [7, 11) is 0. The van der Waals surface area contributed by atoms with Crippen LogP contribution in [0.15, 0.2) is 36.4 Å². The summed E-state index contributed by atoms with van der Waals surface area (Å²) in [6, 6.07) is 10.2. The van der Waals surface area contributed by atoms with Crippen LogP contribution in [-0.4, -0.2) is 22.9 Å². The zero-order valence-electron chi connectivity index (χ0n) is 13.5. The average Bonchev–Trinajstić information content (AvgIpc) is 3.28. The predicted octanol–water partition coefficient (Wildman–Crippen LogP) is 3.07. The molecule has 1 aliphatic heterocycles. The molecule has 2 bridgehead atoms. The van der Waals surface area contributed by atoms with Crippen molar-refractivity contribution in [3.8, 4) is 0 Å². The number of benzene rings is 2. The molecule has 2 saturated carbocycles. The maximum Gasteiger partial charge on any atom is 0.336 e. The molecule has 2 aromatic carbocycles. The number of aromatic carboxylic acids is 1. The van der Waals surface area contributed by atoms with E-state index in [1.165, 1.54) is 11.0 Å². The lowest BCUT2D eigenvalue weighted by Crippen LogP contribution is -2.33. The van der Waals surface area contributed by atoms with E-state index in [4.69, 9.17) is 0 Å². The lowest BCUT2D eigenvalue weighted by atomic mass is 9.81. The highest BCUT2D eigenvalue weighted by molar-refractivity contribution is 6.26. The van der Waals surface area contributed by atoms with E-state index in [0.29, 0.717) is 28.3 Å². The zero-order chi connectivity index (χ0) is 17.3. The molecule has 1 heterocycles. The van der Waals surface area contributed by atoms with E-state index in [0.717, 1.165) is 19.3 Å². The van der Waals surface area contributed by atoms with Crippen LogP contribution < -0.4 is 4.90 Å². The first-order chi connectivity index (χ1) is 12.1. The monoisotopic (exact) mass is 335 g/mol. The van der Waals surface area contributed by atoms with Crippen LogP contribution in [0.4, 0.5) is 5.69 Å². The number of carboxylic acid groups (broad SMARTS) is 1. The van der Waals surface area contributed by atoms with Crippen molar-refractivity contribution in [3.63, 3.8) is 0 Å². The van der Waals surface area contributed by atoms with Gasteiger partial charge in [0.1, 0.15) is 0 Å². The van der Waals surface area contributed by atoms with Gasteiger partial charge in [0, 0.05) is 5.39 Å². The molecule has 0 radical (unpaired) electrons. The average molecular weight is 335 g/mol. The number of fused-ring (bicyclic) bond motifs is 6. The maximum atomic E-state index is 13.0. The van der Waals surface area contributed by atoms with Gasteiger partial charge in [-0.2, -0.15) is 0 Å². The number of imide groups is 1. The normalized spacial score (nSPS) is 30.3. The highest BCUT2D eigenvalue weighted by atomic mass is 16.4. The van der Waals surface area contributed by atoms with E-state index < -0.39 is 5.97 Å². The number of rotatable bonds is 2. The molecule has 0 spiro atoms. The Labute approximate surface area is 144 Å². The molecule has 4 unspecified atom stereocenters. The third-order valence-corrected chi connectivity index (χ3v) is 6.30. The van der Waals surface area contributed by atoms with Crippen molar-refractivity contribution in [2.24, 2.45) is 23.7 Å². The van der Waals surface area contributed by atoms with Crippen LogP contribution in [0.2, 0.25) is 0 Å². The van der Waals surface area contributed by atoms with Gasteiger partial charge in [0.15, 0.2) is 0 Å². The molecule has 5 heteroatoms. The van der Waals surface area contributed by atoms with Gasteiger partial charge in [-0.1, -0.05) is 24.3 Å². The van der Waals surface area contributed by atoms with Gasteiger partial charge in [-0.25, -0.2) is 9.69 Å². The fourth-order valence-corrected chi connectivity index (χ4v) is 5.31. The standard InChI is InChI=1S/C20H17NO4/c22-18-16-10-5-6-11(9-10)17(16)19(23)21(18)15-8-7-14(20(24)25)12-3-1-2-4-13(12)15/h1-4,7-8,10-11,16-17H,5-6,9H2,(H,24,25). The highest BCUT2D eigenvalue weighted by Gasteiger charge is 2.61. The zero-order valence-corrected chi connectivity index (χ0v) is 13.5. The van der Waals surface area contributed by atoms with Gasteiger partial charge in [-0.3, -0.25) is 9.59 Å². The number of carbonyl (C=O) groups is 3. The first kappa shape index (κ1) is 14.6. The van der Waals surface area contributed by atoms with Gasteiger partial charge >= 0.3 is 5.97 Å². The Bertz CT molecular complexity index is 922. The summed E-state index contributed by atoms with van der Waals surface area (Å²) in [6.45, 7) is 0. The fourth-order valence-electron chi connectivity index (χ4n) is 5.31. The van der Waals surface area contributed by atoms with E-state index >= 15 is 0 Å². The summed E-state index contributed by atoms with van der Waals surface area (Å²) in [5, 5.41) is 10.6. The lowest BCUT2D eigenvalue weighted by molar-refractivity contribution is -0.123. The summed E-state index contributed by atoms with van der Waals surface area (Å²) >= 11 is 0. The number of carboxylic acids is 1. The van der Waals surface area contributed by atoms with E-state index in [1.54, 1.807) is 30.3 Å². The van der Waals surface area contributed by atoms with Crippen molar-refractivity contribution in [2.75, 3.05) is 4.90 Å². The van der Waals surface area contributed by atoms with E-state index in [-0.39, 0.29) is 29.2 Å². The maximum absolute atomic E-state index is 13.0. The minimum absolute atomic E-state index is 0.101. The molecule has 5 nitrogen and oxygen atoms in total. The minimum Gasteiger partial charge on any atom is -0.478 e. The SMILES string of the molecule is O=C(O)c1ccc(N2C(=O)C3C4CCC(C4)C3C2=O)c2ccccc12. The number of hydrogen-bond acceptors (Lipinski definition) is 3. The van der Waals surface area contributed by atoms with E-state index in [9.17, 15) is 19.5 Å². The molecule has 1 saturated heterocycles. The topological polar surface area (TPSA) is 74.7 Å². The Kier molecular flexibility index (Phi) is 2.87. The molecular formula is C20H17NO4. The van der Waals surface area contributed by atoms with Gasteiger partial charge < -0.3 is 5.11 Å². The molecule has 2 aliphatic carbocycles. The molecule has 126 valence electrons. The van der Waals surface area contributed by atoms with Gasteiger partial charge in [0.05, 0.1) is 23.1 Å². The summed E-state index contributed by atoms with van der Waals surface area (Å²) < 4.78 is 0. The Morgan fingerprint density at radius 1 is 0.920 bits per heavy atom. The summed E-state index contributed by atoms with van der Waals surface area (Å²) in [5.41, 5.74) is 0.697. The number of anilines is 1. The third-order valence-electron chi connectivity index (χ3n) is 6.30. The molecule has 25 heavy (non-hydrogen) atoms. The van der Waals surface area contributed by atoms with Gasteiger partial charge in [-0.05, 0) is 48.6 Å². The van der Waals surface area contributed by atoms with Crippen LogP contribution >= 0.6 is 0 Å². The second-order valence-corrected chi connectivity index (χ2v) is 7.38. The van der Waals surface area contributed by atoms with E-state index in [1.807, 2.05) is 0 Å². The molecule has 3 fully saturated rings. The van der Waals surface area contributed by atoms with Crippen LogP contribution in [0.3, 0.4) is 0 Å². The molecule has 0 aromatic heterocycles. The number of amides is 2. The largest absolute Gasteiger partial charge is 0.478 e. The molecule has 1 N–H and O–H groups in total. The third kappa shape index (κ3) is 1.81. The van der Waals surface area contributed by atoms with Crippen molar-refractivity contribution >= 4 is 34.2 Å². The van der Waals surface area contributed by atoms with Crippen molar-refractivity contribution in [3.05, 3.63) is 42.0 Å². The lowest BCUT2D eigenvalue weighted by Gasteiger charge is -2.20. The van der Waals surface area contributed by atoms with Crippen LogP contribution in [0.5, 0.6) is 0 Å². The van der Waals surface area contributed by atoms with Gasteiger partial charge in [-0.15, -0.1) is 0 Å². The van der Waals surface area contributed by atoms with Gasteiger partial charge in [0.25, 0.3) is 0 Å². The number of carbonyl (C=O) groups excluding carboxylic acids is 2. The van der Waals surface area contributed by atoms with Crippen LogP contribution in [0, 0.1) is 23.7 Å². The van der Waals surface area contributed by atoms with Crippen LogP contribution in [0.25, 0.3) is 10.8 Å². The number of nitrogens with zero attached hydrogens (tertiary/aromatic N) is 1. The molecule has 2 amide bonds. The molecule has 2 aromatic rings. The summed E-state index contributed by atoms with van der Waals surface area (Å²) in [4.78, 5) is 38.9. The first-order valence-corrected chi connectivity index (χ1v) is 8.71.